The van der Waals surface area contributed by atoms with Gasteiger partial charge in [0.1, 0.15) is 0 Å². The summed E-state index contributed by atoms with van der Waals surface area (Å²) in [6, 6.07) is 10.2. The maximum absolute atomic E-state index is 12.3. The molecule has 2 aliphatic carbocycles. The number of hydrogen-bond acceptors (Lipinski definition) is 3. The highest BCUT2D eigenvalue weighted by atomic mass is 16.5. The highest BCUT2D eigenvalue weighted by Gasteiger charge is 2.53. The molecule has 0 aromatic heterocycles. The first-order chi connectivity index (χ1) is 11.4. The highest BCUT2D eigenvalue weighted by molar-refractivity contribution is 6.12. The molecule has 24 heavy (non-hydrogen) atoms. The fraction of sp³-hybridized carbons (Fsp3) is 0.524. The molecule has 0 bridgehead atoms. The number of aldehydes is 1. The normalized spacial score (nSPS) is 32.0. The Hall–Kier alpha value is -1.74. The molecule has 1 aromatic carbocycles. The van der Waals surface area contributed by atoms with Gasteiger partial charge in [-0.3, -0.25) is 9.59 Å². The molecule has 3 rings (SSSR count). The van der Waals surface area contributed by atoms with Gasteiger partial charge in [0.15, 0.2) is 12.1 Å². The Kier molecular flexibility index (Phi) is 4.48. The average molecular weight is 326 g/mol. The number of hydrogen-bond donors (Lipinski definition) is 0. The maximum Gasteiger partial charge on any atom is 0.166 e. The Morgan fingerprint density at radius 2 is 1.92 bits per heavy atom. The van der Waals surface area contributed by atoms with Crippen molar-refractivity contribution in [3.63, 3.8) is 0 Å². The molecule has 0 heterocycles. The number of carbonyl (C=O) groups is 2. The van der Waals surface area contributed by atoms with E-state index in [0.717, 1.165) is 19.1 Å². The van der Waals surface area contributed by atoms with Gasteiger partial charge in [-0.1, -0.05) is 57.2 Å². The summed E-state index contributed by atoms with van der Waals surface area (Å²) in [7, 11) is 0. The van der Waals surface area contributed by atoms with E-state index in [4.69, 9.17) is 4.74 Å². The molecular formula is C21H26O3. The molecule has 0 N–H and O–H groups in total. The molecule has 1 saturated carbocycles. The zero-order valence-corrected chi connectivity index (χ0v) is 14.7. The largest absolute Gasteiger partial charge is 0.373 e. The third kappa shape index (κ3) is 2.98. The van der Waals surface area contributed by atoms with E-state index in [-0.39, 0.29) is 28.6 Å². The van der Waals surface area contributed by atoms with Crippen LogP contribution in [-0.2, 0) is 20.9 Å². The monoisotopic (exact) mass is 326 g/mol. The van der Waals surface area contributed by atoms with Crippen molar-refractivity contribution in [1.82, 2.24) is 0 Å². The lowest BCUT2D eigenvalue weighted by molar-refractivity contribution is -0.139. The van der Waals surface area contributed by atoms with Gasteiger partial charge in [-0.05, 0) is 35.2 Å². The second-order valence-electron chi connectivity index (χ2n) is 8.05. The molecule has 0 aliphatic heterocycles. The maximum atomic E-state index is 12.3. The topological polar surface area (TPSA) is 43.4 Å². The van der Waals surface area contributed by atoms with Crippen LogP contribution in [0.3, 0.4) is 0 Å². The van der Waals surface area contributed by atoms with E-state index >= 15 is 0 Å². The number of rotatable bonds is 4. The zero-order chi connectivity index (χ0) is 17.4. The van der Waals surface area contributed by atoms with E-state index in [0.29, 0.717) is 18.6 Å². The number of Topliss-reactive ketones (excluding diaryl/α,β-unsaturated/α-hetero) is 1. The van der Waals surface area contributed by atoms with Crippen molar-refractivity contribution in [3.8, 4) is 0 Å². The average Bonchev–Trinajstić information content (AvgIpc) is 2.56. The molecule has 0 amide bonds. The second kappa shape index (κ2) is 6.29. The van der Waals surface area contributed by atoms with E-state index in [1.54, 1.807) is 0 Å². The number of allylic oxidation sites excluding steroid dienone is 2. The minimum Gasteiger partial charge on any atom is -0.373 e. The molecule has 128 valence electrons. The quantitative estimate of drug-likeness (QED) is 0.618. The SMILES string of the molecule is CC1(C)C2CC(=O)C(C=O)=C[C@@]2(C)CC[C@@H]1OCc1ccccc1. The van der Waals surface area contributed by atoms with Crippen molar-refractivity contribution < 1.29 is 14.3 Å². The van der Waals surface area contributed by atoms with Gasteiger partial charge in [-0.15, -0.1) is 0 Å². The Morgan fingerprint density at radius 3 is 2.58 bits per heavy atom. The van der Waals surface area contributed by atoms with Crippen LogP contribution in [0.25, 0.3) is 0 Å². The van der Waals surface area contributed by atoms with Crippen molar-refractivity contribution in [2.75, 3.05) is 0 Å². The third-order valence-electron chi connectivity index (χ3n) is 6.09. The minimum absolute atomic E-state index is 0.0238. The summed E-state index contributed by atoms with van der Waals surface area (Å²) in [6.07, 6.45) is 5.10. The summed E-state index contributed by atoms with van der Waals surface area (Å²) in [6.45, 7) is 7.19. The van der Waals surface area contributed by atoms with Crippen LogP contribution in [0.2, 0.25) is 0 Å². The van der Waals surface area contributed by atoms with Gasteiger partial charge in [0, 0.05) is 6.42 Å². The lowest BCUT2D eigenvalue weighted by atomic mass is 9.52. The first-order valence-corrected chi connectivity index (χ1v) is 8.73. The van der Waals surface area contributed by atoms with Crippen molar-refractivity contribution in [3.05, 3.63) is 47.5 Å². The summed E-state index contributed by atoms with van der Waals surface area (Å²) in [5.74, 6) is 0.181. The molecule has 1 fully saturated rings. The van der Waals surface area contributed by atoms with Gasteiger partial charge in [-0.2, -0.15) is 0 Å². The molecule has 3 atom stereocenters. The molecule has 2 aliphatic rings. The minimum atomic E-state index is -0.109. The smallest absolute Gasteiger partial charge is 0.166 e. The van der Waals surface area contributed by atoms with Gasteiger partial charge in [-0.25, -0.2) is 0 Å². The molecule has 3 nitrogen and oxygen atoms in total. The van der Waals surface area contributed by atoms with Crippen LogP contribution >= 0.6 is 0 Å². The van der Waals surface area contributed by atoms with Gasteiger partial charge in [0.05, 0.1) is 18.3 Å². The lowest BCUT2D eigenvalue weighted by Gasteiger charge is -2.54. The predicted octanol–water partition coefficient (Wildman–Crippen LogP) is 4.11. The highest BCUT2D eigenvalue weighted by Crippen LogP contribution is 2.56. The Balaban J connectivity index is 1.79. The van der Waals surface area contributed by atoms with Crippen LogP contribution < -0.4 is 0 Å². The number of benzene rings is 1. The molecular weight excluding hydrogens is 300 g/mol. The zero-order valence-electron chi connectivity index (χ0n) is 14.7. The fourth-order valence-electron chi connectivity index (χ4n) is 4.64. The summed E-state index contributed by atoms with van der Waals surface area (Å²) in [4.78, 5) is 23.4. The molecule has 1 unspecified atom stereocenters. The van der Waals surface area contributed by atoms with Crippen molar-refractivity contribution >= 4 is 12.1 Å². The lowest BCUT2D eigenvalue weighted by Crippen LogP contribution is -2.52. The predicted molar refractivity (Wildman–Crippen MR) is 93.4 cm³/mol. The second-order valence-corrected chi connectivity index (χ2v) is 8.05. The van der Waals surface area contributed by atoms with Gasteiger partial charge in [0.2, 0.25) is 0 Å². The van der Waals surface area contributed by atoms with Gasteiger partial charge >= 0.3 is 0 Å². The summed E-state index contributed by atoms with van der Waals surface area (Å²) >= 11 is 0. The molecule has 0 spiro atoms. The van der Waals surface area contributed by atoms with E-state index in [1.165, 1.54) is 5.56 Å². The Labute approximate surface area is 144 Å². The number of ether oxygens (including phenoxy) is 1. The Bertz CT molecular complexity index is 659. The third-order valence-corrected chi connectivity index (χ3v) is 6.09. The molecule has 0 saturated heterocycles. The van der Waals surface area contributed by atoms with Crippen LogP contribution in [0.15, 0.2) is 42.0 Å². The summed E-state index contributed by atoms with van der Waals surface area (Å²) in [5.41, 5.74) is 1.32. The molecule has 3 heteroatoms. The number of fused-ring (bicyclic) bond motifs is 1. The summed E-state index contributed by atoms with van der Waals surface area (Å²) < 4.78 is 6.27. The van der Waals surface area contributed by atoms with Crippen LogP contribution in [0, 0.1) is 16.7 Å². The standard InChI is InChI=1S/C21H26O3/c1-20(2)18-11-17(23)16(13-22)12-21(18,3)10-9-19(20)24-14-15-7-5-4-6-8-15/h4-8,12-13,18-19H,9-11,14H2,1-3H3/t18?,19-,21+/m0/s1. The van der Waals surface area contributed by atoms with Crippen LogP contribution in [0.4, 0.5) is 0 Å². The first kappa shape index (κ1) is 17.1. The van der Waals surface area contributed by atoms with Crippen molar-refractivity contribution in [2.45, 2.75) is 52.7 Å². The number of carbonyl (C=O) groups excluding carboxylic acids is 2. The van der Waals surface area contributed by atoms with E-state index < -0.39 is 0 Å². The van der Waals surface area contributed by atoms with Crippen molar-refractivity contribution in [2.24, 2.45) is 16.7 Å². The van der Waals surface area contributed by atoms with Crippen LogP contribution in [-0.4, -0.2) is 18.2 Å². The van der Waals surface area contributed by atoms with Gasteiger partial charge < -0.3 is 4.74 Å². The van der Waals surface area contributed by atoms with E-state index in [9.17, 15) is 9.59 Å². The first-order valence-electron chi connectivity index (χ1n) is 8.73. The summed E-state index contributed by atoms with van der Waals surface area (Å²) in [5, 5.41) is 0. The molecule has 0 radical (unpaired) electrons. The van der Waals surface area contributed by atoms with Crippen LogP contribution in [0.1, 0.15) is 45.6 Å². The fourth-order valence-corrected chi connectivity index (χ4v) is 4.64. The van der Waals surface area contributed by atoms with E-state index in [1.807, 2.05) is 24.3 Å². The van der Waals surface area contributed by atoms with Crippen molar-refractivity contribution in [1.29, 1.82) is 0 Å². The Morgan fingerprint density at radius 1 is 1.21 bits per heavy atom. The van der Waals surface area contributed by atoms with Crippen LogP contribution in [0.5, 0.6) is 0 Å². The van der Waals surface area contributed by atoms with E-state index in [2.05, 4.69) is 32.9 Å². The number of ketones is 1. The van der Waals surface area contributed by atoms with Gasteiger partial charge in [0.25, 0.3) is 0 Å². The molecule has 1 aromatic rings.